The van der Waals surface area contributed by atoms with E-state index in [9.17, 15) is 4.79 Å². The van der Waals surface area contributed by atoms with Gasteiger partial charge in [0.05, 0.1) is 12.8 Å². The highest BCUT2D eigenvalue weighted by atomic mass is 35.5. The summed E-state index contributed by atoms with van der Waals surface area (Å²) in [5.41, 5.74) is 1.69. The van der Waals surface area contributed by atoms with E-state index in [1.54, 1.807) is 7.11 Å². The number of benzene rings is 2. The molecule has 0 bridgehead atoms. The molecule has 4 nitrogen and oxygen atoms in total. The molecule has 23 heavy (non-hydrogen) atoms. The molecule has 0 spiro atoms. The van der Waals surface area contributed by atoms with Crippen LogP contribution in [0.5, 0.6) is 5.75 Å². The largest absolute Gasteiger partial charge is 0.495 e. The predicted octanol–water partition coefficient (Wildman–Crippen LogP) is 3.00. The third-order valence-corrected chi connectivity index (χ3v) is 4.10. The third-order valence-electron chi connectivity index (χ3n) is 3.75. The summed E-state index contributed by atoms with van der Waals surface area (Å²) in [6.45, 7) is 3.91. The summed E-state index contributed by atoms with van der Waals surface area (Å²) in [5, 5.41) is 5.61. The van der Waals surface area contributed by atoms with E-state index in [1.165, 1.54) is 0 Å². The minimum atomic E-state index is -0.258. The molecule has 0 aliphatic carbocycles. The zero-order valence-corrected chi connectivity index (χ0v) is 14.3. The molecule has 2 aromatic rings. The number of carbonyl (C=O) groups is 1. The highest BCUT2D eigenvalue weighted by molar-refractivity contribution is 6.31. The van der Waals surface area contributed by atoms with E-state index in [2.05, 4.69) is 5.32 Å². The fourth-order valence-corrected chi connectivity index (χ4v) is 2.77. The van der Waals surface area contributed by atoms with Crippen LogP contribution in [0.25, 0.3) is 0 Å². The fraction of sp³-hybridized carbons (Fsp3) is 0.278. The van der Waals surface area contributed by atoms with Gasteiger partial charge in [-0.15, -0.1) is 0 Å². The minimum absolute atomic E-state index is 0.0756. The Balaban J connectivity index is 2.01. The van der Waals surface area contributed by atoms with Gasteiger partial charge in [-0.05, 0) is 32.0 Å². The second kappa shape index (κ2) is 7.99. The smallest absolute Gasteiger partial charge is 0.282 e. The molecule has 0 aliphatic heterocycles. The SMILES string of the molecule is COc1ccccc1NC(=O)[C@@H](C)[NH2+][C@@H](C)c1ccccc1Cl. The standard InChI is InChI=1S/C18H21ClN2O2/c1-12(14-8-4-5-9-15(14)19)20-13(2)18(22)21-16-10-6-7-11-17(16)23-3/h4-13,20H,1-3H3,(H,21,22)/p+1/t12-,13+/m0/s1. The normalized spacial score (nSPS) is 13.2. The highest BCUT2D eigenvalue weighted by Crippen LogP contribution is 2.23. The Kier molecular flexibility index (Phi) is 6.02. The number of quaternary nitrogens is 1. The van der Waals surface area contributed by atoms with Gasteiger partial charge in [0.2, 0.25) is 0 Å². The van der Waals surface area contributed by atoms with Crippen LogP contribution in [0.4, 0.5) is 5.69 Å². The van der Waals surface area contributed by atoms with Gasteiger partial charge in [-0.3, -0.25) is 4.79 Å². The van der Waals surface area contributed by atoms with Gasteiger partial charge >= 0.3 is 0 Å². The van der Waals surface area contributed by atoms with Crippen LogP contribution in [0.1, 0.15) is 25.5 Å². The summed E-state index contributed by atoms with van der Waals surface area (Å²) in [6.07, 6.45) is 0. The second-order valence-electron chi connectivity index (χ2n) is 5.48. The van der Waals surface area contributed by atoms with Crippen molar-refractivity contribution in [1.82, 2.24) is 0 Å². The Morgan fingerprint density at radius 3 is 2.48 bits per heavy atom. The molecule has 2 rings (SSSR count). The van der Waals surface area contributed by atoms with Gasteiger partial charge in [0.25, 0.3) is 5.91 Å². The van der Waals surface area contributed by atoms with Crippen molar-refractivity contribution in [2.75, 3.05) is 12.4 Å². The van der Waals surface area contributed by atoms with E-state index in [-0.39, 0.29) is 18.0 Å². The summed E-state index contributed by atoms with van der Waals surface area (Å²) >= 11 is 6.21. The molecule has 122 valence electrons. The van der Waals surface area contributed by atoms with Crippen molar-refractivity contribution in [3.05, 3.63) is 59.1 Å². The van der Waals surface area contributed by atoms with E-state index in [0.717, 1.165) is 5.56 Å². The van der Waals surface area contributed by atoms with Crippen LogP contribution < -0.4 is 15.4 Å². The predicted molar refractivity (Wildman–Crippen MR) is 92.9 cm³/mol. The molecule has 2 atom stereocenters. The van der Waals surface area contributed by atoms with Crippen molar-refractivity contribution in [1.29, 1.82) is 0 Å². The Bertz CT molecular complexity index is 676. The molecule has 5 heteroatoms. The first-order valence-electron chi connectivity index (χ1n) is 7.56. The molecule has 1 amide bonds. The van der Waals surface area contributed by atoms with Crippen molar-refractivity contribution in [3.8, 4) is 5.75 Å². The van der Waals surface area contributed by atoms with E-state index >= 15 is 0 Å². The van der Waals surface area contributed by atoms with Gasteiger partial charge in [-0.1, -0.05) is 41.9 Å². The number of ether oxygens (including phenoxy) is 1. The van der Waals surface area contributed by atoms with Crippen LogP contribution in [-0.4, -0.2) is 19.1 Å². The maximum atomic E-state index is 12.4. The minimum Gasteiger partial charge on any atom is -0.495 e. The number of carbonyl (C=O) groups excluding carboxylic acids is 1. The van der Waals surface area contributed by atoms with E-state index in [0.29, 0.717) is 16.5 Å². The Morgan fingerprint density at radius 1 is 1.13 bits per heavy atom. The van der Waals surface area contributed by atoms with Gasteiger partial charge in [0.1, 0.15) is 11.8 Å². The van der Waals surface area contributed by atoms with E-state index in [1.807, 2.05) is 67.7 Å². The van der Waals surface area contributed by atoms with E-state index < -0.39 is 0 Å². The zero-order chi connectivity index (χ0) is 16.8. The number of rotatable bonds is 6. The van der Waals surface area contributed by atoms with Gasteiger partial charge < -0.3 is 15.4 Å². The number of methoxy groups -OCH3 is 1. The Morgan fingerprint density at radius 2 is 1.78 bits per heavy atom. The van der Waals surface area contributed by atoms with Crippen molar-refractivity contribution in [2.45, 2.75) is 25.9 Å². The zero-order valence-electron chi connectivity index (χ0n) is 13.5. The first-order valence-corrected chi connectivity index (χ1v) is 7.94. The second-order valence-corrected chi connectivity index (χ2v) is 5.89. The van der Waals surface area contributed by atoms with Crippen molar-refractivity contribution in [2.24, 2.45) is 0 Å². The maximum absolute atomic E-state index is 12.4. The molecule has 2 aromatic carbocycles. The molecule has 0 radical (unpaired) electrons. The average molecular weight is 334 g/mol. The lowest BCUT2D eigenvalue weighted by molar-refractivity contribution is -0.709. The number of hydrogen-bond donors (Lipinski definition) is 2. The lowest BCUT2D eigenvalue weighted by Crippen LogP contribution is -2.91. The number of halogens is 1. The molecule has 0 heterocycles. The monoisotopic (exact) mass is 333 g/mol. The number of para-hydroxylation sites is 2. The molecule has 0 unspecified atom stereocenters. The van der Waals surface area contributed by atoms with E-state index in [4.69, 9.17) is 16.3 Å². The van der Waals surface area contributed by atoms with Gasteiger partial charge in [0, 0.05) is 10.6 Å². The van der Waals surface area contributed by atoms with Crippen molar-refractivity contribution >= 4 is 23.2 Å². The molecule has 0 saturated carbocycles. The first-order chi connectivity index (χ1) is 11.0. The molecular weight excluding hydrogens is 312 g/mol. The van der Waals surface area contributed by atoms with Crippen LogP contribution in [0.2, 0.25) is 5.02 Å². The fourth-order valence-electron chi connectivity index (χ4n) is 2.46. The number of anilines is 1. The summed E-state index contributed by atoms with van der Waals surface area (Å²) in [7, 11) is 1.58. The number of amides is 1. The van der Waals surface area contributed by atoms with Crippen LogP contribution in [-0.2, 0) is 4.79 Å². The van der Waals surface area contributed by atoms with Crippen LogP contribution in [0.3, 0.4) is 0 Å². The summed E-state index contributed by atoms with van der Waals surface area (Å²) < 4.78 is 5.25. The van der Waals surface area contributed by atoms with Gasteiger partial charge in [0.15, 0.2) is 6.04 Å². The molecule has 0 aliphatic rings. The number of nitrogens with two attached hydrogens (primary N) is 1. The highest BCUT2D eigenvalue weighted by Gasteiger charge is 2.22. The molecule has 0 fully saturated rings. The molecular formula is C18H22ClN2O2+. The number of hydrogen-bond acceptors (Lipinski definition) is 2. The molecule has 0 saturated heterocycles. The van der Waals surface area contributed by atoms with Crippen molar-refractivity contribution < 1.29 is 14.8 Å². The Labute approximate surface area is 141 Å². The van der Waals surface area contributed by atoms with Crippen LogP contribution >= 0.6 is 11.6 Å². The first kappa shape index (κ1) is 17.3. The van der Waals surface area contributed by atoms with Gasteiger partial charge in [-0.25, -0.2) is 0 Å². The maximum Gasteiger partial charge on any atom is 0.282 e. The third kappa shape index (κ3) is 4.47. The quantitative estimate of drug-likeness (QED) is 0.853. The topological polar surface area (TPSA) is 54.9 Å². The summed E-state index contributed by atoms with van der Waals surface area (Å²) in [4.78, 5) is 12.4. The summed E-state index contributed by atoms with van der Waals surface area (Å²) in [5.74, 6) is 0.570. The van der Waals surface area contributed by atoms with Crippen LogP contribution in [0, 0.1) is 0 Å². The Hall–Kier alpha value is -2.04. The lowest BCUT2D eigenvalue weighted by atomic mass is 10.1. The number of nitrogens with one attached hydrogen (secondary N) is 1. The average Bonchev–Trinajstić information content (AvgIpc) is 2.55. The van der Waals surface area contributed by atoms with Crippen molar-refractivity contribution in [3.63, 3.8) is 0 Å². The molecule has 0 aromatic heterocycles. The summed E-state index contributed by atoms with van der Waals surface area (Å²) in [6, 6.07) is 14.9. The lowest BCUT2D eigenvalue weighted by Gasteiger charge is -2.18. The van der Waals surface area contributed by atoms with Gasteiger partial charge in [-0.2, -0.15) is 0 Å². The van der Waals surface area contributed by atoms with Crippen LogP contribution in [0.15, 0.2) is 48.5 Å². The molecule has 3 N–H and O–H groups in total.